The molecule has 1 amide bonds. The third kappa shape index (κ3) is 3.10. The van der Waals surface area contributed by atoms with E-state index in [4.69, 9.17) is 5.11 Å². The van der Waals surface area contributed by atoms with E-state index < -0.39 is 12.0 Å². The molecule has 2 aromatic rings. The summed E-state index contributed by atoms with van der Waals surface area (Å²) in [7, 11) is 3.35. The van der Waals surface area contributed by atoms with Gasteiger partial charge in [0.15, 0.2) is 5.69 Å². The highest BCUT2D eigenvalue weighted by Gasteiger charge is 2.17. The number of pyridine rings is 1. The monoisotopic (exact) mass is 287 g/mol. The summed E-state index contributed by atoms with van der Waals surface area (Å²) in [5.74, 6) is -1.19. The summed E-state index contributed by atoms with van der Waals surface area (Å²) < 4.78 is 0. The maximum absolute atomic E-state index is 11.9. The van der Waals surface area contributed by atoms with Crippen LogP contribution in [-0.4, -0.2) is 47.0 Å². The molecule has 1 aromatic heterocycles. The molecule has 0 bridgehead atoms. The van der Waals surface area contributed by atoms with Crippen molar-refractivity contribution in [1.82, 2.24) is 9.88 Å². The zero-order valence-corrected chi connectivity index (χ0v) is 12.1. The van der Waals surface area contributed by atoms with E-state index in [-0.39, 0.29) is 11.6 Å². The predicted molar refractivity (Wildman–Crippen MR) is 80.5 cm³/mol. The molecule has 2 N–H and O–H groups in total. The lowest BCUT2D eigenvalue weighted by atomic mass is 10.1. The Morgan fingerprint density at radius 3 is 2.57 bits per heavy atom. The van der Waals surface area contributed by atoms with Crippen LogP contribution in [0.5, 0.6) is 0 Å². The number of carboxylic acid groups (broad SMARTS) is 1. The Kier molecular flexibility index (Phi) is 4.07. The van der Waals surface area contributed by atoms with Crippen LogP contribution in [0.3, 0.4) is 0 Å². The van der Waals surface area contributed by atoms with Gasteiger partial charge in [0.05, 0.1) is 5.52 Å². The molecule has 0 aliphatic heterocycles. The number of hydrogen-bond acceptors (Lipinski definition) is 4. The van der Waals surface area contributed by atoms with Crippen molar-refractivity contribution in [2.75, 3.05) is 19.4 Å². The Bertz CT molecular complexity index is 698. The van der Waals surface area contributed by atoms with Crippen molar-refractivity contribution in [3.8, 4) is 0 Å². The number of likely N-dealkylation sites (N-methyl/N-ethyl adjacent to an activating group) is 1. The fourth-order valence-corrected chi connectivity index (χ4v) is 2.09. The minimum Gasteiger partial charge on any atom is -0.477 e. The number of nitrogens with one attached hydrogen (secondary N) is 1. The molecule has 0 spiro atoms. The topological polar surface area (TPSA) is 82.5 Å². The van der Waals surface area contributed by atoms with Gasteiger partial charge in [-0.1, -0.05) is 18.2 Å². The number of aromatic carboxylic acids is 1. The van der Waals surface area contributed by atoms with Gasteiger partial charge in [-0.05, 0) is 19.1 Å². The van der Waals surface area contributed by atoms with Crippen molar-refractivity contribution in [2.45, 2.75) is 13.0 Å². The van der Waals surface area contributed by atoms with Gasteiger partial charge in [0.1, 0.15) is 6.04 Å². The number of para-hydroxylation sites is 1. The van der Waals surface area contributed by atoms with E-state index in [2.05, 4.69) is 10.3 Å². The third-order valence-electron chi connectivity index (χ3n) is 3.12. The van der Waals surface area contributed by atoms with Crippen LogP contribution in [0, 0.1) is 0 Å². The van der Waals surface area contributed by atoms with Gasteiger partial charge in [-0.2, -0.15) is 0 Å². The number of aromatic nitrogens is 1. The van der Waals surface area contributed by atoms with E-state index >= 15 is 0 Å². The Balaban J connectivity index is 2.46. The number of fused-ring (bicyclic) bond motifs is 1. The molecule has 0 fully saturated rings. The molecular weight excluding hydrogens is 270 g/mol. The first kappa shape index (κ1) is 14.8. The lowest BCUT2D eigenvalue weighted by Gasteiger charge is -2.20. The highest BCUT2D eigenvalue weighted by molar-refractivity contribution is 5.98. The van der Waals surface area contributed by atoms with E-state index in [0.717, 1.165) is 5.39 Å². The van der Waals surface area contributed by atoms with E-state index in [1.54, 1.807) is 33.2 Å². The number of nitrogens with zero attached hydrogens (tertiary/aromatic N) is 2. The molecule has 0 aliphatic carbocycles. The van der Waals surface area contributed by atoms with Crippen LogP contribution in [0.2, 0.25) is 0 Å². The second-order valence-electron chi connectivity index (χ2n) is 4.98. The standard InChI is InChI=1S/C15H17N3O3/c1-9(14(19)18(2)3)16-12-8-13(15(20)21)17-11-7-5-4-6-10(11)12/h4-9H,1-3H3,(H,16,17)(H,20,21). The van der Waals surface area contributed by atoms with Crippen molar-refractivity contribution in [3.05, 3.63) is 36.0 Å². The molecule has 1 atom stereocenters. The molecule has 0 radical (unpaired) electrons. The highest BCUT2D eigenvalue weighted by atomic mass is 16.4. The number of carboxylic acids is 1. The van der Waals surface area contributed by atoms with Crippen LogP contribution >= 0.6 is 0 Å². The number of carbonyl (C=O) groups is 2. The first-order chi connectivity index (χ1) is 9.90. The van der Waals surface area contributed by atoms with Gasteiger partial charge in [0.2, 0.25) is 5.91 Å². The summed E-state index contributed by atoms with van der Waals surface area (Å²) in [5.41, 5.74) is 1.10. The molecule has 2 rings (SSSR count). The van der Waals surface area contributed by atoms with Crippen LogP contribution in [0.15, 0.2) is 30.3 Å². The summed E-state index contributed by atoms with van der Waals surface area (Å²) in [6, 6.07) is 8.19. The maximum atomic E-state index is 11.9. The van der Waals surface area contributed by atoms with E-state index in [1.807, 2.05) is 12.1 Å². The number of hydrogen-bond donors (Lipinski definition) is 2. The highest BCUT2D eigenvalue weighted by Crippen LogP contribution is 2.24. The van der Waals surface area contributed by atoms with Crippen molar-refractivity contribution in [3.63, 3.8) is 0 Å². The van der Waals surface area contributed by atoms with E-state index in [9.17, 15) is 9.59 Å². The van der Waals surface area contributed by atoms with Crippen molar-refractivity contribution in [2.24, 2.45) is 0 Å². The molecule has 110 valence electrons. The van der Waals surface area contributed by atoms with Crippen LogP contribution in [0.1, 0.15) is 17.4 Å². The van der Waals surface area contributed by atoms with Crippen LogP contribution in [0.4, 0.5) is 5.69 Å². The van der Waals surface area contributed by atoms with Gasteiger partial charge >= 0.3 is 5.97 Å². The van der Waals surface area contributed by atoms with Crippen LogP contribution in [-0.2, 0) is 4.79 Å². The van der Waals surface area contributed by atoms with E-state index in [0.29, 0.717) is 11.2 Å². The van der Waals surface area contributed by atoms with Gasteiger partial charge in [-0.3, -0.25) is 4.79 Å². The normalized spacial score (nSPS) is 12.0. The molecule has 6 heteroatoms. The Labute approximate surface area is 122 Å². The smallest absolute Gasteiger partial charge is 0.354 e. The second-order valence-corrected chi connectivity index (χ2v) is 4.98. The minimum atomic E-state index is -1.10. The second kappa shape index (κ2) is 5.78. The molecule has 1 unspecified atom stereocenters. The van der Waals surface area contributed by atoms with E-state index in [1.165, 1.54) is 11.0 Å². The Morgan fingerprint density at radius 1 is 1.29 bits per heavy atom. The Hall–Kier alpha value is -2.63. The minimum absolute atomic E-state index is 0.0549. The maximum Gasteiger partial charge on any atom is 0.354 e. The number of benzene rings is 1. The zero-order chi connectivity index (χ0) is 15.6. The quantitative estimate of drug-likeness (QED) is 0.896. The molecular formula is C15H17N3O3. The average Bonchev–Trinajstić information content (AvgIpc) is 2.45. The molecule has 0 saturated heterocycles. The molecule has 1 heterocycles. The predicted octanol–water partition coefficient (Wildman–Crippen LogP) is 1.82. The molecule has 0 saturated carbocycles. The number of anilines is 1. The summed E-state index contributed by atoms with van der Waals surface area (Å²) in [4.78, 5) is 28.7. The van der Waals surface area contributed by atoms with Crippen LogP contribution < -0.4 is 5.32 Å². The van der Waals surface area contributed by atoms with Gasteiger partial charge < -0.3 is 15.3 Å². The summed E-state index contributed by atoms with van der Waals surface area (Å²) in [5, 5.41) is 13.0. The molecule has 21 heavy (non-hydrogen) atoms. The SMILES string of the molecule is CC(Nc1cc(C(=O)O)nc2ccccc12)C(=O)N(C)C. The molecule has 6 nitrogen and oxygen atoms in total. The first-order valence-corrected chi connectivity index (χ1v) is 6.51. The number of carbonyl (C=O) groups excluding carboxylic acids is 1. The van der Waals surface area contributed by atoms with Crippen LogP contribution in [0.25, 0.3) is 10.9 Å². The van der Waals surface area contributed by atoms with Gasteiger partial charge in [-0.15, -0.1) is 0 Å². The summed E-state index contributed by atoms with van der Waals surface area (Å²) in [6.45, 7) is 1.73. The lowest BCUT2D eigenvalue weighted by Crippen LogP contribution is -2.36. The van der Waals surface area contributed by atoms with Crippen molar-refractivity contribution in [1.29, 1.82) is 0 Å². The first-order valence-electron chi connectivity index (χ1n) is 6.51. The van der Waals surface area contributed by atoms with Gasteiger partial charge in [0.25, 0.3) is 0 Å². The number of rotatable bonds is 4. The molecule has 1 aromatic carbocycles. The van der Waals surface area contributed by atoms with Crippen molar-refractivity contribution >= 4 is 28.5 Å². The number of amides is 1. The third-order valence-corrected chi connectivity index (χ3v) is 3.12. The van der Waals surface area contributed by atoms with Crippen molar-refractivity contribution < 1.29 is 14.7 Å². The largest absolute Gasteiger partial charge is 0.477 e. The fourth-order valence-electron chi connectivity index (χ4n) is 2.09. The Morgan fingerprint density at radius 2 is 1.95 bits per heavy atom. The van der Waals surface area contributed by atoms with Gasteiger partial charge in [0, 0.05) is 25.2 Å². The fraction of sp³-hybridized carbons (Fsp3) is 0.267. The lowest BCUT2D eigenvalue weighted by molar-refractivity contribution is -0.129. The summed E-state index contributed by atoms with van der Waals surface area (Å²) in [6.07, 6.45) is 0. The summed E-state index contributed by atoms with van der Waals surface area (Å²) >= 11 is 0. The van der Waals surface area contributed by atoms with Gasteiger partial charge in [-0.25, -0.2) is 9.78 Å². The zero-order valence-electron chi connectivity index (χ0n) is 12.1. The molecule has 0 aliphatic rings. The average molecular weight is 287 g/mol.